The first-order valence-corrected chi connectivity index (χ1v) is 14.3. The van der Waals surface area contributed by atoms with Crippen LogP contribution in [0.3, 0.4) is 0 Å². The summed E-state index contributed by atoms with van der Waals surface area (Å²) in [5, 5.41) is 11.6. The molecule has 0 aliphatic rings. The van der Waals surface area contributed by atoms with Crippen molar-refractivity contribution in [3.8, 4) is 6.07 Å². The summed E-state index contributed by atoms with van der Waals surface area (Å²) >= 11 is 7.45. The minimum atomic E-state index is -0.624. The third-order valence-electron chi connectivity index (χ3n) is 6.76. The molecule has 0 amide bonds. The molecule has 0 aliphatic heterocycles. The number of esters is 2. The van der Waals surface area contributed by atoms with Gasteiger partial charge in [0.2, 0.25) is 0 Å². The van der Waals surface area contributed by atoms with Gasteiger partial charge < -0.3 is 14.0 Å². The second kappa shape index (κ2) is 13.0. The zero-order valence-electron chi connectivity index (χ0n) is 23.2. The van der Waals surface area contributed by atoms with Crippen molar-refractivity contribution in [2.45, 2.75) is 40.7 Å². The monoisotopic (exact) mass is 588 g/mol. The molecule has 2 aromatic heterocycles. The highest BCUT2D eigenvalue weighted by atomic mass is 35.5. The molecule has 2 heterocycles. The van der Waals surface area contributed by atoms with E-state index in [1.165, 1.54) is 0 Å². The van der Waals surface area contributed by atoms with Gasteiger partial charge in [0.05, 0.1) is 24.4 Å². The van der Waals surface area contributed by atoms with Crippen molar-refractivity contribution in [3.05, 3.63) is 96.8 Å². The molecule has 0 saturated heterocycles. The Bertz CT molecular complexity index is 1720. The van der Waals surface area contributed by atoms with Crippen LogP contribution in [0, 0.1) is 25.2 Å². The van der Waals surface area contributed by atoms with Gasteiger partial charge in [-0.05, 0) is 57.0 Å². The number of halogens is 1. The molecule has 0 unspecified atom stereocenters. The second-order valence-corrected chi connectivity index (χ2v) is 10.8. The summed E-state index contributed by atoms with van der Waals surface area (Å²) in [5.74, 6) is -1.67. The number of aromatic nitrogens is 1. The summed E-state index contributed by atoms with van der Waals surface area (Å²) in [5.41, 5.74) is 4.01. The average Bonchev–Trinajstić information content (AvgIpc) is 3.41. The van der Waals surface area contributed by atoms with E-state index in [0.29, 0.717) is 22.0 Å². The summed E-state index contributed by atoms with van der Waals surface area (Å²) in [6.07, 6.45) is 1.36. The number of ketones is 1. The predicted molar refractivity (Wildman–Crippen MR) is 160 cm³/mol. The van der Waals surface area contributed by atoms with Crippen LogP contribution in [0.25, 0.3) is 17.0 Å². The molecule has 0 N–H and O–H groups in total. The van der Waals surface area contributed by atoms with Gasteiger partial charge in [0.25, 0.3) is 0 Å². The lowest BCUT2D eigenvalue weighted by molar-refractivity contribution is -0.114. The lowest BCUT2D eigenvalue weighted by Gasteiger charge is -2.10. The average molecular weight is 589 g/mol. The summed E-state index contributed by atoms with van der Waals surface area (Å²) in [7, 11) is 0. The minimum absolute atomic E-state index is 0.0627. The standard InChI is InChI=1S/C32H29ClN2O5S/c1-5-39-31(37)29-19(3)30(32(38)40-6-2)41-28(29)16-27(36)22(17-34)15-24-20(4)35(26-14-10-8-12-23(24)26)18-21-11-7-9-13-25(21)33/h7-15H,5-6,16,18H2,1-4H3/b22-15+. The van der Waals surface area contributed by atoms with Crippen LogP contribution in [0.15, 0.2) is 54.1 Å². The van der Waals surface area contributed by atoms with E-state index in [-0.39, 0.29) is 35.6 Å². The van der Waals surface area contributed by atoms with Gasteiger partial charge >= 0.3 is 11.9 Å². The first-order chi connectivity index (χ1) is 19.7. The molecular formula is C32H29ClN2O5S. The molecule has 0 aliphatic carbocycles. The molecule has 210 valence electrons. The fraction of sp³-hybridized carbons (Fsp3) is 0.250. The fourth-order valence-corrected chi connectivity index (χ4v) is 6.14. The topological polar surface area (TPSA) is 98.4 Å². The van der Waals surface area contributed by atoms with Crippen molar-refractivity contribution in [1.82, 2.24) is 4.57 Å². The number of nitriles is 1. The molecule has 9 heteroatoms. The van der Waals surface area contributed by atoms with Gasteiger partial charge in [-0.15, -0.1) is 11.3 Å². The Hall–Kier alpha value is -4.19. The maximum Gasteiger partial charge on any atom is 0.348 e. The van der Waals surface area contributed by atoms with E-state index < -0.39 is 17.7 Å². The minimum Gasteiger partial charge on any atom is -0.462 e. The van der Waals surface area contributed by atoms with Crippen LogP contribution in [0.2, 0.25) is 5.02 Å². The number of Topliss-reactive ketones (excluding diaryl/α,β-unsaturated/α-hetero) is 1. The highest BCUT2D eigenvalue weighted by Crippen LogP contribution is 2.33. The number of rotatable bonds is 10. The SMILES string of the molecule is CCOC(=O)c1sc(CC(=O)/C(C#N)=C/c2c(C)n(Cc3ccccc3Cl)c3ccccc23)c(C(=O)OCC)c1C. The molecule has 41 heavy (non-hydrogen) atoms. The van der Waals surface area contributed by atoms with E-state index in [2.05, 4.69) is 4.57 Å². The van der Waals surface area contributed by atoms with Gasteiger partial charge in [0, 0.05) is 45.0 Å². The number of hydrogen-bond acceptors (Lipinski definition) is 7. The summed E-state index contributed by atoms with van der Waals surface area (Å²) in [6, 6.07) is 17.4. The smallest absolute Gasteiger partial charge is 0.348 e. The van der Waals surface area contributed by atoms with E-state index in [1.54, 1.807) is 26.8 Å². The maximum absolute atomic E-state index is 13.5. The highest BCUT2D eigenvalue weighted by Gasteiger charge is 2.28. The second-order valence-electron chi connectivity index (χ2n) is 9.26. The first-order valence-electron chi connectivity index (χ1n) is 13.1. The Labute approximate surface area is 247 Å². The van der Waals surface area contributed by atoms with Crippen LogP contribution in [0.1, 0.15) is 61.1 Å². The van der Waals surface area contributed by atoms with Crippen LogP contribution in [0.5, 0.6) is 0 Å². The Morgan fingerprint density at radius 2 is 1.66 bits per heavy atom. The number of hydrogen-bond donors (Lipinski definition) is 0. The van der Waals surface area contributed by atoms with Crippen molar-refractivity contribution in [2.24, 2.45) is 0 Å². The van der Waals surface area contributed by atoms with Gasteiger partial charge in [-0.3, -0.25) is 4.79 Å². The van der Waals surface area contributed by atoms with Crippen LogP contribution >= 0.6 is 22.9 Å². The Kier molecular flexibility index (Phi) is 9.43. The van der Waals surface area contributed by atoms with Crippen LogP contribution in [-0.4, -0.2) is 35.5 Å². The number of thiophene rings is 1. The van der Waals surface area contributed by atoms with Crippen molar-refractivity contribution in [1.29, 1.82) is 5.26 Å². The lowest BCUT2D eigenvalue weighted by atomic mass is 10.0. The van der Waals surface area contributed by atoms with Crippen molar-refractivity contribution in [2.75, 3.05) is 13.2 Å². The van der Waals surface area contributed by atoms with Crippen molar-refractivity contribution >= 4 is 57.6 Å². The van der Waals surface area contributed by atoms with Gasteiger partial charge in [-0.2, -0.15) is 5.26 Å². The molecular weight excluding hydrogens is 560 g/mol. The van der Waals surface area contributed by atoms with Gasteiger partial charge in [0.15, 0.2) is 5.78 Å². The molecule has 0 bridgehead atoms. The Balaban J connectivity index is 1.75. The normalized spacial score (nSPS) is 11.4. The number of para-hydroxylation sites is 1. The molecule has 4 aromatic rings. The molecule has 7 nitrogen and oxygen atoms in total. The molecule has 0 saturated carbocycles. The zero-order valence-corrected chi connectivity index (χ0v) is 24.8. The summed E-state index contributed by atoms with van der Waals surface area (Å²) in [4.78, 5) is 39.4. The third kappa shape index (κ3) is 6.12. The number of carbonyl (C=O) groups excluding carboxylic acids is 3. The highest BCUT2D eigenvalue weighted by molar-refractivity contribution is 7.14. The molecule has 0 fully saturated rings. The lowest BCUT2D eigenvalue weighted by Crippen LogP contribution is -2.12. The van der Waals surface area contributed by atoms with Gasteiger partial charge in [-0.1, -0.05) is 48.0 Å². The van der Waals surface area contributed by atoms with E-state index >= 15 is 0 Å². The first kappa shape index (κ1) is 29.8. The maximum atomic E-state index is 13.5. The molecule has 4 rings (SSSR count). The van der Waals surface area contributed by atoms with Gasteiger partial charge in [0.1, 0.15) is 10.9 Å². The predicted octanol–water partition coefficient (Wildman–Crippen LogP) is 7.09. The van der Waals surface area contributed by atoms with Crippen LogP contribution < -0.4 is 0 Å². The summed E-state index contributed by atoms with van der Waals surface area (Å²) < 4.78 is 12.4. The molecule has 0 spiro atoms. The van der Waals surface area contributed by atoms with E-state index in [0.717, 1.165) is 39.1 Å². The zero-order chi connectivity index (χ0) is 29.7. The van der Waals surface area contributed by atoms with Crippen molar-refractivity contribution in [3.63, 3.8) is 0 Å². The number of fused-ring (bicyclic) bond motifs is 1. The van der Waals surface area contributed by atoms with Crippen molar-refractivity contribution < 1.29 is 23.9 Å². The molecule has 0 atom stereocenters. The third-order valence-corrected chi connectivity index (χ3v) is 8.40. The number of carbonyl (C=O) groups is 3. The van der Waals surface area contributed by atoms with Crippen LogP contribution in [0.4, 0.5) is 0 Å². The van der Waals surface area contributed by atoms with Gasteiger partial charge in [-0.25, -0.2) is 9.59 Å². The molecule has 0 radical (unpaired) electrons. The summed E-state index contributed by atoms with van der Waals surface area (Å²) in [6.45, 7) is 7.76. The number of allylic oxidation sites excluding steroid dienone is 1. The fourth-order valence-electron chi connectivity index (χ4n) is 4.76. The Morgan fingerprint density at radius 3 is 2.34 bits per heavy atom. The number of ether oxygens (including phenoxy) is 2. The number of nitrogens with zero attached hydrogens (tertiary/aromatic N) is 2. The van der Waals surface area contributed by atoms with Crippen LogP contribution in [-0.2, 0) is 27.2 Å². The Morgan fingerprint density at radius 1 is 1.00 bits per heavy atom. The molecule has 2 aromatic carbocycles. The van der Waals surface area contributed by atoms with E-state index in [4.69, 9.17) is 21.1 Å². The quantitative estimate of drug-likeness (QED) is 0.111. The number of benzene rings is 2. The van der Waals surface area contributed by atoms with E-state index in [9.17, 15) is 19.6 Å². The largest absolute Gasteiger partial charge is 0.462 e. The van der Waals surface area contributed by atoms with E-state index in [1.807, 2.05) is 61.5 Å².